The van der Waals surface area contributed by atoms with E-state index >= 15 is 0 Å². The number of primary amides is 1. The lowest BCUT2D eigenvalue weighted by atomic mass is 10.1. The number of nitrogens with two attached hydrogens (primary N) is 1. The molecule has 1 aromatic heterocycles. The van der Waals surface area contributed by atoms with E-state index in [1.165, 1.54) is 0 Å². The first-order valence-electron chi connectivity index (χ1n) is 6.08. The lowest BCUT2D eigenvalue weighted by molar-refractivity contribution is -0.120. The number of carbonyl (C=O) groups is 1. The summed E-state index contributed by atoms with van der Waals surface area (Å²) in [4.78, 5) is 15.5. The summed E-state index contributed by atoms with van der Waals surface area (Å²) in [6.07, 6.45) is 0. The highest BCUT2D eigenvalue weighted by Gasteiger charge is 2.10. The molecule has 0 radical (unpaired) electrons. The molecule has 2 aromatic rings. The number of ether oxygens (including phenoxy) is 1. The van der Waals surface area contributed by atoms with Gasteiger partial charge in [0, 0.05) is 18.0 Å². The lowest BCUT2D eigenvalue weighted by Crippen LogP contribution is -2.26. The first kappa shape index (κ1) is 13.1. The van der Waals surface area contributed by atoms with Crippen LogP contribution in [-0.4, -0.2) is 24.5 Å². The number of benzene rings is 1. The summed E-state index contributed by atoms with van der Waals surface area (Å²) < 4.78 is 5.35. The Morgan fingerprint density at radius 2 is 2.21 bits per heavy atom. The van der Waals surface area contributed by atoms with Crippen LogP contribution in [0.25, 0.3) is 10.9 Å². The molecule has 1 atom stereocenters. The van der Waals surface area contributed by atoms with Crippen LogP contribution in [0, 0.1) is 5.92 Å². The van der Waals surface area contributed by atoms with Gasteiger partial charge in [0.05, 0.1) is 18.5 Å². The quantitative estimate of drug-likeness (QED) is 0.858. The molecule has 0 fully saturated rings. The van der Waals surface area contributed by atoms with Crippen LogP contribution in [0.5, 0.6) is 5.75 Å². The third kappa shape index (κ3) is 2.93. The number of nitrogens with zero attached hydrogens (tertiary/aromatic N) is 1. The minimum absolute atomic E-state index is 0.251. The van der Waals surface area contributed by atoms with Crippen molar-refractivity contribution in [3.63, 3.8) is 0 Å². The van der Waals surface area contributed by atoms with Crippen molar-refractivity contribution in [3.8, 4) is 5.75 Å². The van der Waals surface area contributed by atoms with Crippen molar-refractivity contribution in [2.45, 2.75) is 6.92 Å². The lowest BCUT2D eigenvalue weighted by Gasteiger charge is -2.12. The van der Waals surface area contributed by atoms with E-state index < -0.39 is 0 Å². The second-order valence-corrected chi connectivity index (χ2v) is 4.41. The van der Waals surface area contributed by atoms with E-state index in [4.69, 9.17) is 10.5 Å². The molecule has 2 rings (SSSR count). The molecule has 0 saturated heterocycles. The minimum atomic E-state index is -0.333. The maximum atomic E-state index is 11.0. The Balaban J connectivity index is 2.27. The van der Waals surface area contributed by atoms with Gasteiger partial charge in [-0.3, -0.25) is 4.79 Å². The fraction of sp³-hybridized carbons (Fsp3) is 0.286. The first-order valence-corrected chi connectivity index (χ1v) is 6.08. The highest BCUT2D eigenvalue weighted by molar-refractivity contribution is 5.87. The molecule has 0 aliphatic heterocycles. The van der Waals surface area contributed by atoms with Crippen LogP contribution in [0.1, 0.15) is 6.92 Å². The molecule has 1 heterocycles. The number of rotatable bonds is 5. The Hall–Kier alpha value is -2.30. The molecule has 0 saturated carbocycles. The highest BCUT2D eigenvalue weighted by atomic mass is 16.5. The van der Waals surface area contributed by atoms with Crippen LogP contribution in [0.3, 0.4) is 0 Å². The van der Waals surface area contributed by atoms with Gasteiger partial charge in [-0.05, 0) is 12.1 Å². The van der Waals surface area contributed by atoms with Crippen LogP contribution < -0.4 is 15.8 Å². The molecule has 100 valence electrons. The number of fused-ring (bicyclic) bond motifs is 1. The maximum absolute atomic E-state index is 11.0. The molecule has 0 spiro atoms. The summed E-state index contributed by atoms with van der Waals surface area (Å²) in [5.41, 5.74) is 6.07. The van der Waals surface area contributed by atoms with Gasteiger partial charge >= 0.3 is 0 Å². The molecule has 1 unspecified atom stereocenters. The summed E-state index contributed by atoms with van der Waals surface area (Å²) in [6.45, 7) is 2.22. The normalized spacial score (nSPS) is 12.1. The minimum Gasteiger partial charge on any atom is -0.496 e. The second-order valence-electron chi connectivity index (χ2n) is 4.41. The van der Waals surface area contributed by atoms with Crippen molar-refractivity contribution in [1.29, 1.82) is 0 Å². The first-order chi connectivity index (χ1) is 9.11. The zero-order chi connectivity index (χ0) is 13.8. The molecular formula is C14H17N3O2. The summed E-state index contributed by atoms with van der Waals surface area (Å²) in [5, 5.41) is 4.06. The summed E-state index contributed by atoms with van der Waals surface area (Å²) in [5.74, 6) is 0.836. The SMILES string of the molecule is COc1cc(NCC(C)C(N)=O)nc2ccccc12. The third-order valence-corrected chi connectivity index (χ3v) is 2.97. The number of amides is 1. The number of methoxy groups -OCH3 is 1. The molecule has 0 aliphatic carbocycles. The molecule has 1 aromatic carbocycles. The van der Waals surface area contributed by atoms with Crippen molar-refractivity contribution < 1.29 is 9.53 Å². The van der Waals surface area contributed by atoms with E-state index in [9.17, 15) is 4.79 Å². The van der Waals surface area contributed by atoms with Crippen molar-refractivity contribution >= 4 is 22.6 Å². The molecule has 5 nitrogen and oxygen atoms in total. The van der Waals surface area contributed by atoms with Gasteiger partial charge in [0.1, 0.15) is 11.6 Å². The van der Waals surface area contributed by atoms with Crippen molar-refractivity contribution in [2.75, 3.05) is 19.0 Å². The maximum Gasteiger partial charge on any atom is 0.222 e. The Kier molecular flexibility index (Phi) is 3.85. The zero-order valence-corrected chi connectivity index (χ0v) is 11.0. The van der Waals surface area contributed by atoms with Crippen molar-refractivity contribution in [2.24, 2.45) is 11.7 Å². The largest absolute Gasteiger partial charge is 0.496 e. The van der Waals surface area contributed by atoms with E-state index in [2.05, 4.69) is 10.3 Å². The topological polar surface area (TPSA) is 77.2 Å². The Morgan fingerprint density at radius 1 is 1.47 bits per heavy atom. The predicted molar refractivity (Wildman–Crippen MR) is 75.1 cm³/mol. The van der Waals surface area contributed by atoms with Crippen molar-refractivity contribution in [3.05, 3.63) is 30.3 Å². The van der Waals surface area contributed by atoms with Gasteiger partial charge in [-0.1, -0.05) is 19.1 Å². The second kappa shape index (κ2) is 5.56. The molecular weight excluding hydrogens is 242 g/mol. The summed E-state index contributed by atoms with van der Waals surface area (Å²) in [7, 11) is 1.62. The highest BCUT2D eigenvalue weighted by Crippen LogP contribution is 2.26. The fourth-order valence-electron chi connectivity index (χ4n) is 1.76. The van der Waals surface area contributed by atoms with E-state index in [1.54, 1.807) is 14.0 Å². The summed E-state index contributed by atoms with van der Waals surface area (Å²) >= 11 is 0. The monoisotopic (exact) mass is 259 g/mol. The number of carbonyl (C=O) groups excluding carboxylic acids is 1. The Morgan fingerprint density at radius 3 is 2.89 bits per heavy atom. The third-order valence-electron chi connectivity index (χ3n) is 2.97. The fourth-order valence-corrected chi connectivity index (χ4v) is 1.76. The van der Waals surface area contributed by atoms with E-state index in [0.717, 1.165) is 16.7 Å². The molecule has 0 aliphatic rings. The Bertz CT molecular complexity index is 598. The standard InChI is InChI=1S/C14H17N3O2/c1-9(14(15)18)8-16-13-7-12(19-2)10-5-3-4-6-11(10)17-13/h3-7,9H,8H2,1-2H3,(H2,15,18)(H,16,17). The van der Waals surface area contributed by atoms with Crippen LogP contribution in [0.15, 0.2) is 30.3 Å². The smallest absolute Gasteiger partial charge is 0.222 e. The Labute approximate surface area is 111 Å². The molecule has 1 amide bonds. The molecule has 19 heavy (non-hydrogen) atoms. The number of para-hydroxylation sites is 1. The van der Waals surface area contributed by atoms with Gasteiger partial charge in [0.15, 0.2) is 0 Å². The number of hydrogen-bond donors (Lipinski definition) is 2. The zero-order valence-electron chi connectivity index (χ0n) is 11.0. The van der Waals surface area contributed by atoms with Crippen LogP contribution in [-0.2, 0) is 4.79 Å². The summed E-state index contributed by atoms with van der Waals surface area (Å²) in [6, 6.07) is 9.55. The van der Waals surface area contributed by atoms with Gasteiger partial charge in [-0.25, -0.2) is 4.98 Å². The van der Waals surface area contributed by atoms with Crippen LogP contribution in [0.4, 0.5) is 5.82 Å². The number of aromatic nitrogens is 1. The molecule has 0 bridgehead atoms. The van der Waals surface area contributed by atoms with Gasteiger partial charge in [-0.2, -0.15) is 0 Å². The van der Waals surface area contributed by atoms with Gasteiger partial charge in [0.25, 0.3) is 0 Å². The number of nitrogens with one attached hydrogen (secondary N) is 1. The number of anilines is 1. The average Bonchev–Trinajstić information content (AvgIpc) is 2.43. The van der Waals surface area contributed by atoms with E-state index in [1.807, 2.05) is 30.3 Å². The number of pyridine rings is 1. The number of hydrogen-bond acceptors (Lipinski definition) is 4. The molecule has 3 N–H and O–H groups in total. The van der Waals surface area contributed by atoms with Gasteiger partial charge in [-0.15, -0.1) is 0 Å². The molecule has 5 heteroatoms. The average molecular weight is 259 g/mol. The van der Waals surface area contributed by atoms with Crippen LogP contribution >= 0.6 is 0 Å². The van der Waals surface area contributed by atoms with E-state index in [-0.39, 0.29) is 11.8 Å². The van der Waals surface area contributed by atoms with Crippen LogP contribution in [0.2, 0.25) is 0 Å². The van der Waals surface area contributed by atoms with Gasteiger partial charge in [0.2, 0.25) is 5.91 Å². The van der Waals surface area contributed by atoms with Crippen molar-refractivity contribution in [1.82, 2.24) is 4.98 Å². The predicted octanol–water partition coefficient (Wildman–Crippen LogP) is 1.78. The van der Waals surface area contributed by atoms with Gasteiger partial charge < -0.3 is 15.8 Å². The van der Waals surface area contributed by atoms with E-state index in [0.29, 0.717) is 12.4 Å².